The zero-order valence-corrected chi connectivity index (χ0v) is 12.6. The van der Waals surface area contributed by atoms with E-state index < -0.39 is 11.6 Å². The van der Waals surface area contributed by atoms with E-state index in [1.54, 1.807) is 11.0 Å². The van der Waals surface area contributed by atoms with Gasteiger partial charge in [0.05, 0.1) is 6.42 Å². The largest absolute Gasteiger partial charge is 0.481 e. The van der Waals surface area contributed by atoms with Gasteiger partial charge in [-0.1, -0.05) is 6.08 Å². The number of rotatable bonds is 4. The maximum absolute atomic E-state index is 12.0. The number of aliphatic carboxylic acids is 1. The average Bonchev–Trinajstić information content (AvgIpc) is 2.26. The van der Waals surface area contributed by atoms with Crippen LogP contribution in [0.4, 0.5) is 4.79 Å². The first-order valence-electron chi connectivity index (χ1n) is 6.98. The predicted molar refractivity (Wildman–Crippen MR) is 76.5 cm³/mol. The lowest BCUT2D eigenvalue weighted by Gasteiger charge is -2.40. The Morgan fingerprint density at radius 2 is 1.90 bits per heavy atom. The standard InChI is InChI=1S/C15H25NO4/c1-5-6-15(11-12(17)18)7-9-16(10-8-15)13(19)20-14(2,3)4/h5H,1,6-11H2,2-4H3,(H,17,18). The van der Waals surface area contributed by atoms with E-state index >= 15 is 0 Å². The fourth-order valence-corrected chi connectivity index (χ4v) is 2.57. The summed E-state index contributed by atoms with van der Waals surface area (Å²) in [7, 11) is 0. The van der Waals surface area contributed by atoms with Gasteiger partial charge in [-0.15, -0.1) is 6.58 Å². The average molecular weight is 283 g/mol. The summed E-state index contributed by atoms with van der Waals surface area (Å²) in [5.74, 6) is -0.794. The number of likely N-dealkylation sites (tertiary alicyclic amines) is 1. The highest BCUT2D eigenvalue weighted by molar-refractivity contribution is 5.69. The van der Waals surface area contributed by atoms with E-state index in [9.17, 15) is 9.59 Å². The first-order chi connectivity index (χ1) is 9.17. The van der Waals surface area contributed by atoms with Crippen molar-refractivity contribution in [3.8, 4) is 0 Å². The van der Waals surface area contributed by atoms with Gasteiger partial charge in [-0.2, -0.15) is 0 Å². The van der Waals surface area contributed by atoms with Crippen LogP contribution in [0.15, 0.2) is 12.7 Å². The molecule has 0 aromatic heterocycles. The van der Waals surface area contributed by atoms with Gasteiger partial charge in [0.2, 0.25) is 0 Å². The van der Waals surface area contributed by atoms with Crippen molar-refractivity contribution in [1.82, 2.24) is 4.90 Å². The number of nitrogens with zero attached hydrogens (tertiary/aromatic N) is 1. The first-order valence-corrected chi connectivity index (χ1v) is 6.98. The van der Waals surface area contributed by atoms with E-state index in [1.165, 1.54) is 0 Å². The van der Waals surface area contributed by atoms with Gasteiger partial charge in [0.25, 0.3) is 0 Å². The van der Waals surface area contributed by atoms with Gasteiger partial charge in [0, 0.05) is 13.1 Å². The zero-order valence-electron chi connectivity index (χ0n) is 12.6. The third-order valence-corrected chi connectivity index (χ3v) is 3.58. The van der Waals surface area contributed by atoms with E-state index in [4.69, 9.17) is 9.84 Å². The maximum Gasteiger partial charge on any atom is 0.410 e. The fraction of sp³-hybridized carbons (Fsp3) is 0.733. The summed E-state index contributed by atoms with van der Waals surface area (Å²) >= 11 is 0. The number of allylic oxidation sites excluding steroid dienone is 1. The maximum atomic E-state index is 12.0. The summed E-state index contributed by atoms with van der Waals surface area (Å²) in [5, 5.41) is 9.05. The fourth-order valence-electron chi connectivity index (χ4n) is 2.57. The lowest BCUT2D eigenvalue weighted by atomic mass is 9.73. The molecule has 0 unspecified atom stereocenters. The molecule has 1 aliphatic rings. The molecule has 0 aromatic carbocycles. The second kappa shape index (κ2) is 6.29. The van der Waals surface area contributed by atoms with Crippen LogP contribution in [0.5, 0.6) is 0 Å². The Kier molecular flexibility index (Phi) is 5.20. The number of hydrogen-bond acceptors (Lipinski definition) is 3. The summed E-state index contributed by atoms with van der Waals surface area (Å²) in [5.41, 5.74) is -0.778. The highest BCUT2D eigenvalue weighted by Crippen LogP contribution is 2.39. The van der Waals surface area contributed by atoms with Crippen LogP contribution in [0.3, 0.4) is 0 Å². The molecule has 0 aliphatic carbocycles. The molecule has 0 bridgehead atoms. The number of carbonyl (C=O) groups excluding carboxylic acids is 1. The third kappa shape index (κ3) is 4.87. The molecule has 0 spiro atoms. The SMILES string of the molecule is C=CCC1(CC(=O)O)CCN(C(=O)OC(C)(C)C)CC1. The van der Waals surface area contributed by atoms with Crippen LogP contribution in [0.1, 0.15) is 46.5 Å². The smallest absolute Gasteiger partial charge is 0.410 e. The minimum absolute atomic E-state index is 0.126. The van der Waals surface area contributed by atoms with Crippen LogP contribution in [-0.2, 0) is 9.53 Å². The molecule has 5 heteroatoms. The first kappa shape index (κ1) is 16.5. The summed E-state index contributed by atoms with van der Waals surface area (Å²) in [6, 6.07) is 0. The van der Waals surface area contributed by atoms with Gasteiger partial charge < -0.3 is 14.7 Å². The molecule has 1 saturated heterocycles. The number of carboxylic acid groups (broad SMARTS) is 1. The molecular weight excluding hydrogens is 258 g/mol. The van der Waals surface area contributed by atoms with Crippen LogP contribution < -0.4 is 0 Å². The molecule has 114 valence electrons. The van der Waals surface area contributed by atoms with E-state index in [0.717, 1.165) is 0 Å². The second-order valence-electron chi connectivity index (χ2n) is 6.53. The Morgan fingerprint density at radius 3 is 2.30 bits per heavy atom. The van der Waals surface area contributed by atoms with Gasteiger partial charge in [-0.05, 0) is 45.4 Å². The van der Waals surface area contributed by atoms with Crippen LogP contribution in [0, 0.1) is 5.41 Å². The molecule has 0 atom stereocenters. The van der Waals surface area contributed by atoms with E-state index in [1.807, 2.05) is 20.8 Å². The van der Waals surface area contributed by atoms with E-state index in [0.29, 0.717) is 32.4 Å². The molecule has 1 aliphatic heterocycles. The van der Waals surface area contributed by atoms with Gasteiger partial charge in [0.15, 0.2) is 0 Å². The minimum atomic E-state index is -0.794. The monoisotopic (exact) mass is 283 g/mol. The molecule has 0 saturated carbocycles. The summed E-state index contributed by atoms with van der Waals surface area (Å²) in [6.07, 6.45) is 3.59. The molecule has 0 aromatic rings. The predicted octanol–water partition coefficient (Wildman–Crippen LogP) is 3.05. The number of hydrogen-bond donors (Lipinski definition) is 1. The van der Waals surface area contributed by atoms with Crippen molar-refractivity contribution in [2.45, 2.75) is 52.1 Å². The highest BCUT2D eigenvalue weighted by Gasteiger charge is 2.37. The number of ether oxygens (including phenoxy) is 1. The zero-order chi connectivity index (χ0) is 15.4. The molecule has 20 heavy (non-hydrogen) atoms. The Balaban J connectivity index is 2.62. The van der Waals surface area contributed by atoms with E-state index in [2.05, 4.69) is 6.58 Å². The molecule has 1 rings (SSSR count). The summed E-state index contributed by atoms with van der Waals surface area (Å²) in [4.78, 5) is 24.6. The molecular formula is C15H25NO4. The molecule has 0 radical (unpaired) electrons. The number of carbonyl (C=O) groups is 2. The Hall–Kier alpha value is -1.52. The van der Waals surface area contributed by atoms with Crippen LogP contribution in [0.25, 0.3) is 0 Å². The minimum Gasteiger partial charge on any atom is -0.481 e. The molecule has 1 fully saturated rings. The Labute approximate surface area is 120 Å². The quantitative estimate of drug-likeness (QED) is 0.805. The number of piperidine rings is 1. The van der Waals surface area contributed by atoms with Gasteiger partial charge >= 0.3 is 12.1 Å². The van der Waals surface area contributed by atoms with Crippen molar-refractivity contribution in [3.05, 3.63) is 12.7 Å². The third-order valence-electron chi connectivity index (χ3n) is 3.58. The van der Waals surface area contributed by atoms with Crippen molar-refractivity contribution in [2.24, 2.45) is 5.41 Å². The van der Waals surface area contributed by atoms with Crippen LogP contribution >= 0.6 is 0 Å². The molecule has 1 heterocycles. The topological polar surface area (TPSA) is 66.8 Å². The van der Waals surface area contributed by atoms with Crippen LogP contribution in [0.2, 0.25) is 0 Å². The van der Waals surface area contributed by atoms with Crippen molar-refractivity contribution in [3.63, 3.8) is 0 Å². The lowest BCUT2D eigenvalue weighted by molar-refractivity contribution is -0.140. The molecule has 1 amide bonds. The van der Waals surface area contributed by atoms with Crippen molar-refractivity contribution in [2.75, 3.05) is 13.1 Å². The van der Waals surface area contributed by atoms with Crippen molar-refractivity contribution in [1.29, 1.82) is 0 Å². The lowest BCUT2D eigenvalue weighted by Crippen LogP contribution is -2.45. The Morgan fingerprint density at radius 1 is 1.35 bits per heavy atom. The number of amides is 1. The van der Waals surface area contributed by atoms with Gasteiger partial charge in [-0.3, -0.25) is 4.79 Å². The van der Waals surface area contributed by atoms with Gasteiger partial charge in [-0.25, -0.2) is 4.79 Å². The second-order valence-corrected chi connectivity index (χ2v) is 6.53. The summed E-state index contributed by atoms with van der Waals surface area (Å²) in [6.45, 7) is 10.3. The number of carboxylic acids is 1. The van der Waals surface area contributed by atoms with Crippen LogP contribution in [-0.4, -0.2) is 40.8 Å². The van der Waals surface area contributed by atoms with Crippen molar-refractivity contribution >= 4 is 12.1 Å². The van der Waals surface area contributed by atoms with Gasteiger partial charge in [0.1, 0.15) is 5.60 Å². The highest BCUT2D eigenvalue weighted by atomic mass is 16.6. The Bertz CT molecular complexity index is 376. The summed E-state index contributed by atoms with van der Waals surface area (Å²) < 4.78 is 5.34. The van der Waals surface area contributed by atoms with E-state index in [-0.39, 0.29) is 17.9 Å². The molecule has 5 nitrogen and oxygen atoms in total. The molecule has 1 N–H and O–H groups in total. The normalized spacial score (nSPS) is 18.4. The van der Waals surface area contributed by atoms with Crippen molar-refractivity contribution < 1.29 is 19.4 Å².